The van der Waals surface area contributed by atoms with Gasteiger partial charge in [0, 0.05) is 22.9 Å². The maximum Gasteiger partial charge on any atom is 0.186 e. The van der Waals surface area contributed by atoms with Gasteiger partial charge < -0.3 is 24.6 Å². The fourth-order valence-corrected chi connectivity index (χ4v) is 6.14. The molecule has 2 aliphatic heterocycles. The summed E-state index contributed by atoms with van der Waals surface area (Å²) in [5, 5.41) is 30.5. The van der Waals surface area contributed by atoms with Crippen LogP contribution in [0.3, 0.4) is 0 Å². The van der Waals surface area contributed by atoms with Crippen molar-refractivity contribution in [2.75, 3.05) is 20.7 Å². The summed E-state index contributed by atoms with van der Waals surface area (Å²) in [6.45, 7) is 0.945. The molecule has 160 valence electrons. The van der Waals surface area contributed by atoms with Crippen molar-refractivity contribution in [3.05, 3.63) is 53.6 Å². The summed E-state index contributed by atoms with van der Waals surface area (Å²) in [5.41, 5.74) is 2.96. The van der Waals surface area contributed by atoms with Crippen LogP contribution in [-0.4, -0.2) is 54.1 Å². The van der Waals surface area contributed by atoms with Crippen LogP contribution >= 0.6 is 0 Å². The van der Waals surface area contributed by atoms with Crippen molar-refractivity contribution >= 4 is 11.4 Å². The van der Waals surface area contributed by atoms with Crippen molar-refractivity contribution in [3.8, 4) is 17.2 Å². The molecule has 2 bridgehead atoms. The van der Waals surface area contributed by atoms with Crippen LogP contribution in [0.4, 0.5) is 11.4 Å². The van der Waals surface area contributed by atoms with Gasteiger partial charge in [0.15, 0.2) is 11.5 Å². The number of rotatable bonds is 3. The molecule has 0 aromatic heterocycles. The molecule has 7 nitrogen and oxygen atoms in total. The third-order valence-electron chi connectivity index (χ3n) is 7.59. The van der Waals surface area contributed by atoms with Gasteiger partial charge in [-0.15, -0.1) is 5.11 Å². The number of phenolic OH excluding ortho intramolecular Hbond substituents is 1. The zero-order valence-electron chi connectivity index (χ0n) is 17.5. The van der Waals surface area contributed by atoms with E-state index in [4.69, 9.17) is 9.47 Å². The predicted molar refractivity (Wildman–Crippen MR) is 115 cm³/mol. The molecule has 5 atom stereocenters. The quantitative estimate of drug-likeness (QED) is 0.586. The minimum atomic E-state index is -0.692. The molecule has 2 heterocycles. The monoisotopic (exact) mass is 419 g/mol. The van der Waals surface area contributed by atoms with E-state index in [9.17, 15) is 10.2 Å². The van der Waals surface area contributed by atoms with Crippen molar-refractivity contribution in [1.82, 2.24) is 4.90 Å². The third-order valence-corrected chi connectivity index (χ3v) is 7.59. The molecule has 0 unspecified atom stereocenters. The maximum atomic E-state index is 11.1. The minimum absolute atomic E-state index is 0.00288. The highest BCUT2D eigenvalue weighted by Crippen LogP contribution is 2.63. The molecule has 2 aromatic carbocycles. The van der Waals surface area contributed by atoms with E-state index in [1.54, 1.807) is 7.11 Å². The number of aliphatic hydroxyl groups is 1. The van der Waals surface area contributed by atoms with Gasteiger partial charge in [-0.25, -0.2) is 0 Å². The number of likely N-dealkylation sites (tertiary alicyclic amines) is 1. The van der Waals surface area contributed by atoms with Gasteiger partial charge in [0.05, 0.1) is 12.8 Å². The van der Waals surface area contributed by atoms with Crippen LogP contribution in [0, 0.1) is 5.92 Å². The van der Waals surface area contributed by atoms with Crippen molar-refractivity contribution < 1.29 is 19.7 Å². The van der Waals surface area contributed by atoms with Gasteiger partial charge in [-0.2, -0.15) is 5.11 Å². The number of hydrogen-bond acceptors (Lipinski definition) is 7. The Hall–Kier alpha value is -2.90. The molecule has 2 N–H and O–H groups in total. The van der Waals surface area contributed by atoms with Crippen molar-refractivity contribution in [2.24, 2.45) is 16.1 Å². The standard InChI is InChI=1S/C24H25N3O4/c1-27-10-9-24-16-7-8-19(28)23(24)31-22-20(24)13(12-18(16)27)11-17(21(22)29)26-25-14-3-5-15(30-2)6-4-14/h3-8,11,16,18-19,23,28-29H,9-10,12H2,1-2H3/t16-,18+,19-,23-,24-/m0/s1. The molecule has 0 saturated carbocycles. The molecular weight excluding hydrogens is 394 g/mol. The molecule has 1 fully saturated rings. The molecule has 0 amide bonds. The number of benzene rings is 2. The predicted octanol–water partition coefficient (Wildman–Crippen LogP) is 3.62. The molecule has 1 spiro atoms. The Balaban J connectivity index is 1.46. The lowest BCUT2D eigenvalue weighted by atomic mass is 9.53. The van der Waals surface area contributed by atoms with Gasteiger partial charge >= 0.3 is 0 Å². The lowest BCUT2D eigenvalue weighted by Gasteiger charge is -2.56. The van der Waals surface area contributed by atoms with E-state index in [2.05, 4.69) is 28.3 Å². The first-order valence-corrected chi connectivity index (χ1v) is 10.7. The van der Waals surface area contributed by atoms with E-state index in [1.165, 1.54) is 0 Å². The van der Waals surface area contributed by atoms with Crippen LogP contribution in [0.2, 0.25) is 0 Å². The number of phenols is 1. The molecule has 2 aromatic rings. The van der Waals surface area contributed by atoms with Crippen molar-refractivity contribution in [1.29, 1.82) is 0 Å². The number of aliphatic hydroxyl groups excluding tert-OH is 1. The van der Waals surface area contributed by atoms with Gasteiger partial charge in [-0.3, -0.25) is 0 Å². The SMILES string of the molecule is COc1ccc(N=Nc2cc3c4c(c2O)O[C@H]2[C@@H](O)C=C[C@H]5[C@@H](C3)N(C)CC[C@@]452)cc1. The highest BCUT2D eigenvalue weighted by Gasteiger charge is 2.64. The Kier molecular flexibility index (Phi) is 3.98. The Morgan fingerprint density at radius 1 is 1.19 bits per heavy atom. The Labute approximate surface area is 180 Å². The zero-order chi connectivity index (χ0) is 21.3. The lowest BCUT2D eigenvalue weighted by Crippen LogP contribution is -2.64. The molecule has 2 aliphatic carbocycles. The van der Waals surface area contributed by atoms with Gasteiger partial charge in [0.1, 0.15) is 23.6 Å². The summed E-state index contributed by atoms with van der Waals surface area (Å²) >= 11 is 0. The second kappa shape index (κ2) is 6.55. The summed E-state index contributed by atoms with van der Waals surface area (Å²) in [6.07, 6.45) is 4.69. The first kappa shape index (κ1) is 18.8. The molecule has 6 rings (SSSR count). The van der Waals surface area contributed by atoms with Gasteiger partial charge in [0.25, 0.3) is 0 Å². The molecule has 7 heteroatoms. The van der Waals surface area contributed by atoms with E-state index in [0.29, 0.717) is 23.2 Å². The molecule has 31 heavy (non-hydrogen) atoms. The van der Waals surface area contributed by atoms with E-state index < -0.39 is 6.10 Å². The Morgan fingerprint density at radius 3 is 2.77 bits per heavy atom. The van der Waals surface area contributed by atoms with E-state index in [1.807, 2.05) is 36.4 Å². The summed E-state index contributed by atoms with van der Waals surface area (Å²) in [6, 6.07) is 9.54. The second-order valence-electron chi connectivity index (χ2n) is 8.99. The minimum Gasteiger partial charge on any atom is -0.503 e. The van der Waals surface area contributed by atoms with E-state index >= 15 is 0 Å². The molecule has 0 radical (unpaired) electrons. The van der Waals surface area contributed by atoms with Crippen LogP contribution in [0.5, 0.6) is 17.2 Å². The fraction of sp³-hybridized carbons (Fsp3) is 0.417. The molecule has 1 saturated heterocycles. The molecule has 4 aliphatic rings. The van der Waals surface area contributed by atoms with Crippen LogP contribution in [0.25, 0.3) is 0 Å². The summed E-state index contributed by atoms with van der Waals surface area (Å²) in [5.74, 6) is 1.49. The average Bonchev–Trinajstić information content (AvgIpc) is 3.14. The first-order chi connectivity index (χ1) is 15.0. The van der Waals surface area contributed by atoms with Crippen molar-refractivity contribution in [3.63, 3.8) is 0 Å². The third kappa shape index (κ3) is 2.47. The molecular formula is C24H25N3O4. The fourth-order valence-electron chi connectivity index (χ4n) is 6.14. The number of ether oxygens (including phenoxy) is 2. The van der Waals surface area contributed by atoms with Crippen molar-refractivity contribution in [2.45, 2.75) is 36.5 Å². The van der Waals surface area contributed by atoms with Crippen LogP contribution in [0.1, 0.15) is 17.5 Å². The topological polar surface area (TPSA) is 86.9 Å². The largest absolute Gasteiger partial charge is 0.503 e. The summed E-state index contributed by atoms with van der Waals surface area (Å²) in [7, 11) is 3.78. The number of piperidine rings is 1. The lowest BCUT2D eigenvalue weighted by molar-refractivity contribution is -0.0453. The zero-order valence-corrected chi connectivity index (χ0v) is 17.5. The normalized spacial score (nSPS) is 32.7. The number of aromatic hydroxyl groups is 1. The van der Waals surface area contributed by atoms with Gasteiger partial charge in [-0.05, 0) is 62.3 Å². The van der Waals surface area contributed by atoms with Crippen LogP contribution in [0.15, 0.2) is 52.7 Å². The highest BCUT2D eigenvalue weighted by molar-refractivity contribution is 5.70. The smallest absolute Gasteiger partial charge is 0.186 e. The van der Waals surface area contributed by atoms with Crippen LogP contribution in [-0.2, 0) is 11.8 Å². The van der Waals surface area contributed by atoms with Gasteiger partial charge in [-0.1, -0.05) is 12.2 Å². The Morgan fingerprint density at radius 2 is 2.00 bits per heavy atom. The average molecular weight is 419 g/mol. The number of azo groups is 1. The number of hydrogen-bond donors (Lipinski definition) is 2. The Bertz CT molecular complexity index is 1110. The second-order valence-corrected chi connectivity index (χ2v) is 8.99. The highest BCUT2D eigenvalue weighted by atomic mass is 16.5. The number of methoxy groups -OCH3 is 1. The maximum absolute atomic E-state index is 11.1. The van der Waals surface area contributed by atoms with E-state index in [0.717, 1.165) is 36.3 Å². The van der Waals surface area contributed by atoms with Gasteiger partial charge in [0.2, 0.25) is 0 Å². The number of likely N-dealkylation sites (N-methyl/N-ethyl adjacent to an activating group) is 1. The summed E-state index contributed by atoms with van der Waals surface area (Å²) in [4.78, 5) is 2.40. The van der Waals surface area contributed by atoms with E-state index in [-0.39, 0.29) is 23.2 Å². The first-order valence-electron chi connectivity index (χ1n) is 10.7. The number of nitrogens with zero attached hydrogens (tertiary/aromatic N) is 3. The van der Waals surface area contributed by atoms with Crippen LogP contribution < -0.4 is 9.47 Å². The summed E-state index contributed by atoms with van der Waals surface area (Å²) < 4.78 is 11.5.